The Balaban J connectivity index is 1.73. The first kappa shape index (κ1) is 17.5. The number of hydrogen-bond donors (Lipinski definition) is 3. The number of nitrogens with one attached hydrogen (secondary N) is 2. The zero-order valence-corrected chi connectivity index (χ0v) is 14.2. The number of piperazine rings is 1. The van der Waals surface area contributed by atoms with E-state index in [0.29, 0.717) is 0 Å². The number of aliphatic hydroxyl groups is 1. The minimum atomic E-state index is -0.608. The fourth-order valence-corrected chi connectivity index (χ4v) is 3.22. The van der Waals surface area contributed by atoms with E-state index in [2.05, 4.69) is 15.5 Å². The second-order valence-electron chi connectivity index (χ2n) is 7.67. The van der Waals surface area contributed by atoms with Gasteiger partial charge in [-0.1, -0.05) is 0 Å². The Labute approximate surface area is 133 Å². The van der Waals surface area contributed by atoms with Gasteiger partial charge >= 0.3 is 6.09 Å². The van der Waals surface area contributed by atoms with Crippen LogP contribution in [0.1, 0.15) is 46.5 Å². The van der Waals surface area contributed by atoms with Crippen LogP contribution in [0.25, 0.3) is 0 Å². The lowest BCUT2D eigenvalue weighted by atomic mass is 9.81. The molecule has 0 aromatic carbocycles. The minimum Gasteiger partial charge on any atom is -0.444 e. The summed E-state index contributed by atoms with van der Waals surface area (Å²) in [5.74, 6) is 0. The average Bonchev–Trinajstić information content (AvgIpc) is 2.40. The summed E-state index contributed by atoms with van der Waals surface area (Å²) in [4.78, 5) is 14.1. The highest BCUT2D eigenvalue weighted by Crippen LogP contribution is 2.29. The molecule has 0 radical (unpaired) electrons. The number of rotatable bonds is 3. The predicted octanol–water partition coefficient (Wildman–Crippen LogP) is 1.09. The van der Waals surface area contributed by atoms with Gasteiger partial charge in [0.1, 0.15) is 5.60 Å². The van der Waals surface area contributed by atoms with Crippen LogP contribution in [0.5, 0.6) is 0 Å². The first-order valence-corrected chi connectivity index (χ1v) is 8.41. The normalized spacial score (nSPS) is 30.8. The third-order valence-corrected chi connectivity index (χ3v) is 4.36. The van der Waals surface area contributed by atoms with Crippen LogP contribution in [-0.4, -0.2) is 66.1 Å². The Bertz CT molecular complexity index is 367. The van der Waals surface area contributed by atoms with Crippen molar-refractivity contribution in [3.63, 3.8) is 0 Å². The van der Waals surface area contributed by atoms with Crippen LogP contribution >= 0.6 is 0 Å². The van der Waals surface area contributed by atoms with Gasteiger partial charge in [0.05, 0.1) is 5.60 Å². The number of β-amino-alcohol motifs (C(OH)–C–C–N with tert-alkyl or cyclic N) is 1. The van der Waals surface area contributed by atoms with Crippen molar-refractivity contribution in [2.45, 2.75) is 63.7 Å². The average molecular weight is 313 g/mol. The second-order valence-corrected chi connectivity index (χ2v) is 7.67. The molecule has 0 aromatic heterocycles. The van der Waals surface area contributed by atoms with Gasteiger partial charge in [-0.2, -0.15) is 0 Å². The van der Waals surface area contributed by atoms with Crippen molar-refractivity contribution in [1.82, 2.24) is 15.5 Å². The Morgan fingerprint density at radius 1 is 1.32 bits per heavy atom. The number of carbonyl (C=O) groups excluding carboxylic acids is 1. The quantitative estimate of drug-likeness (QED) is 0.727. The van der Waals surface area contributed by atoms with Gasteiger partial charge in [0.25, 0.3) is 0 Å². The molecule has 2 aliphatic rings. The van der Waals surface area contributed by atoms with Crippen LogP contribution < -0.4 is 10.6 Å². The number of carbonyl (C=O) groups is 1. The molecule has 0 aromatic rings. The van der Waals surface area contributed by atoms with Gasteiger partial charge < -0.3 is 20.5 Å². The molecule has 2 rings (SSSR count). The molecule has 2 fully saturated rings. The fourth-order valence-electron chi connectivity index (χ4n) is 3.22. The van der Waals surface area contributed by atoms with Gasteiger partial charge in [0.2, 0.25) is 0 Å². The van der Waals surface area contributed by atoms with Crippen molar-refractivity contribution in [3.05, 3.63) is 0 Å². The third kappa shape index (κ3) is 5.74. The molecule has 1 amide bonds. The summed E-state index contributed by atoms with van der Waals surface area (Å²) >= 11 is 0. The van der Waals surface area contributed by atoms with Crippen LogP contribution in [0.3, 0.4) is 0 Å². The topological polar surface area (TPSA) is 73.8 Å². The molecule has 1 saturated carbocycles. The largest absolute Gasteiger partial charge is 0.444 e. The standard InChI is InChI=1S/C16H31N3O3/c1-15(2,3)22-14(20)18-13-4-6-16(21,7-5-13)12-19-10-8-17-9-11-19/h13,17,21H,4-12H2,1-3H3,(H,18,20). The monoisotopic (exact) mass is 313 g/mol. The molecule has 1 heterocycles. The van der Waals surface area contributed by atoms with Crippen LogP contribution in [0.4, 0.5) is 4.79 Å². The Morgan fingerprint density at radius 2 is 1.91 bits per heavy atom. The van der Waals surface area contributed by atoms with E-state index >= 15 is 0 Å². The third-order valence-electron chi connectivity index (χ3n) is 4.36. The highest BCUT2D eigenvalue weighted by atomic mass is 16.6. The molecule has 0 bridgehead atoms. The van der Waals surface area contributed by atoms with Crippen molar-refractivity contribution in [2.24, 2.45) is 0 Å². The lowest BCUT2D eigenvalue weighted by Crippen LogP contribution is -2.53. The molecule has 1 saturated heterocycles. The first-order valence-electron chi connectivity index (χ1n) is 8.41. The number of alkyl carbamates (subject to hydrolysis) is 1. The fraction of sp³-hybridized carbons (Fsp3) is 0.938. The predicted molar refractivity (Wildman–Crippen MR) is 85.9 cm³/mol. The lowest BCUT2D eigenvalue weighted by Gasteiger charge is -2.40. The maximum atomic E-state index is 11.8. The van der Waals surface area contributed by atoms with Crippen molar-refractivity contribution in [1.29, 1.82) is 0 Å². The minimum absolute atomic E-state index is 0.109. The molecule has 0 atom stereocenters. The van der Waals surface area contributed by atoms with Gasteiger partial charge in [-0.25, -0.2) is 4.79 Å². The molecular formula is C16H31N3O3. The molecule has 0 spiro atoms. The van der Waals surface area contributed by atoms with Crippen molar-refractivity contribution in [3.8, 4) is 0 Å². The van der Waals surface area contributed by atoms with E-state index in [1.165, 1.54) is 0 Å². The Morgan fingerprint density at radius 3 is 2.45 bits per heavy atom. The summed E-state index contributed by atoms with van der Waals surface area (Å²) in [6.45, 7) is 10.3. The zero-order valence-electron chi connectivity index (χ0n) is 14.2. The highest BCUT2D eigenvalue weighted by molar-refractivity contribution is 5.68. The van der Waals surface area contributed by atoms with Crippen molar-refractivity contribution >= 4 is 6.09 Å². The smallest absolute Gasteiger partial charge is 0.407 e. The summed E-state index contributed by atoms with van der Waals surface area (Å²) in [5, 5.41) is 17.0. The first-order chi connectivity index (χ1) is 10.3. The molecule has 1 aliphatic heterocycles. The van der Waals surface area contributed by atoms with Crippen molar-refractivity contribution < 1.29 is 14.6 Å². The molecule has 3 N–H and O–H groups in total. The summed E-state index contributed by atoms with van der Waals surface area (Å²) in [7, 11) is 0. The second kappa shape index (κ2) is 7.15. The maximum Gasteiger partial charge on any atom is 0.407 e. The Hall–Kier alpha value is -0.850. The molecule has 6 heteroatoms. The van der Waals surface area contributed by atoms with Crippen molar-refractivity contribution in [2.75, 3.05) is 32.7 Å². The highest BCUT2D eigenvalue weighted by Gasteiger charge is 2.35. The van der Waals surface area contributed by atoms with E-state index in [4.69, 9.17) is 4.74 Å². The molecule has 0 unspecified atom stereocenters. The van der Waals surface area contributed by atoms with E-state index < -0.39 is 11.2 Å². The molecular weight excluding hydrogens is 282 g/mol. The number of amides is 1. The van der Waals surface area contributed by atoms with Gasteiger partial charge in [0, 0.05) is 38.8 Å². The van der Waals surface area contributed by atoms with E-state index in [1.54, 1.807) is 0 Å². The maximum absolute atomic E-state index is 11.8. The summed E-state index contributed by atoms with van der Waals surface area (Å²) < 4.78 is 5.29. The van der Waals surface area contributed by atoms with Crippen LogP contribution in [0, 0.1) is 0 Å². The molecule has 6 nitrogen and oxygen atoms in total. The molecule has 22 heavy (non-hydrogen) atoms. The number of ether oxygens (including phenoxy) is 1. The summed E-state index contributed by atoms with van der Waals surface area (Å²) in [6, 6.07) is 0.109. The van der Waals surface area contributed by atoms with Gasteiger partial charge in [-0.3, -0.25) is 4.90 Å². The zero-order chi connectivity index (χ0) is 16.2. The van der Waals surface area contributed by atoms with Gasteiger partial charge in [0.15, 0.2) is 0 Å². The van der Waals surface area contributed by atoms with E-state index in [9.17, 15) is 9.90 Å². The Kier molecular flexibility index (Phi) is 5.69. The number of hydrogen-bond acceptors (Lipinski definition) is 5. The van der Waals surface area contributed by atoms with E-state index in [1.807, 2.05) is 20.8 Å². The van der Waals surface area contributed by atoms with E-state index in [0.717, 1.165) is 58.4 Å². The molecule has 1 aliphatic carbocycles. The van der Waals surface area contributed by atoms with Crippen LogP contribution in [0.2, 0.25) is 0 Å². The van der Waals surface area contributed by atoms with E-state index in [-0.39, 0.29) is 12.1 Å². The summed E-state index contributed by atoms with van der Waals surface area (Å²) in [6.07, 6.45) is 2.73. The number of nitrogens with zero attached hydrogens (tertiary/aromatic N) is 1. The van der Waals surface area contributed by atoms with Crippen LogP contribution in [0.15, 0.2) is 0 Å². The summed E-state index contributed by atoms with van der Waals surface area (Å²) in [5.41, 5.74) is -1.08. The SMILES string of the molecule is CC(C)(C)OC(=O)NC1CCC(O)(CN2CCNCC2)CC1. The van der Waals surface area contributed by atoms with Gasteiger partial charge in [-0.05, 0) is 46.5 Å². The van der Waals surface area contributed by atoms with Gasteiger partial charge in [-0.15, -0.1) is 0 Å². The van der Waals surface area contributed by atoms with Crippen LogP contribution in [-0.2, 0) is 4.74 Å². The lowest BCUT2D eigenvalue weighted by molar-refractivity contribution is -0.0349. The molecule has 128 valence electrons.